The Labute approximate surface area is 234 Å². The fourth-order valence-electron chi connectivity index (χ4n) is 4.78. The Morgan fingerprint density at radius 3 is 2.42 bits per heavy atom. The number of carbonyl (C=O) groups excluding carboxylic acids is 1. The van der Waals surface area contributed by atoms with E-state index in [1.807, 2.05) is 57.7 Å². The van der Waals surface area contributed by atoms with Crippen molar-refractivity contribution in [1.29, 1.82) is 0 Å². The van der Waals surface area contributed by atoms with E-state index in [4.69, 9.17) is 42.8 Å². The van der Waals surface area contributed by atoms with E-state index in [1.165, 1.54) is 0 Å². The summed E-state index contributed by atoms with van der Waals surface area (Å²) in [7, 11) is 0. The lowest BCUT2D eigenvalue weighted by Gasteiger charge is -2.35. The Kier molecular flexibility index (Phi) is 8.75. The molecule has 10 heteroatoms. The molecule has 1 aliphatic heterocycles. The standard InChI is InChI=1S/C28H37Cl2N5O3/c1-7-19-15-21(29)25(22(30)16-19)24-18(3)33-35-23(14-17(2)32-26(24)35)31-10-11-34(20-8-12-37-13-9-20)27(36)38-28(4,5)6/h14-16,20,31H,7-13H2,1-6H3. The van der Waals surface area contributed by atoms with E-state index < -0.39 is 5.60 Å². The van der Waals surface area contributed by atoms with Crippen LogP contribution in [0.1, 0.15) is 57.5 Å². The summed E-state index contributed by atoms with van der Waals surface area (Å²) < 4.78 is 13.0. The lowest BCUT2D eigenvalue weighted by molar-refractivity contribution is -0.00445. The van der Waals surface area contributed by atoms with Crippen molar-refractivity contribution in [2.75, 3.05) is 31.6 Å². The van der Waals surface area contributed by atoms with Crippen molar-refractivity contribution in [1.82, 2.24) is 19.5 Å². The van der Waals surface area contributed by atoms with E-state index in [9.17, 15) is 4.79 Å². The van der Waals surface area contributed by atoms with E-state index in [0.717, 1.165) is 53.2 Å². The van der Waals surface area contributed by atoms with Gasteiger partial charge in [-0.3, -0.25) is 0 Å². The highest BCUT2D eigenvalue weighted by atomic mass is 35.5. The number of nitrogens with one attached hydrogen (secondary N) is 1. The highest BCUT2D eigenvalue weighted by Gasteiger charge is 2.29. The molecule has 38 heavy (non-hydrogen) atoms. The van der Waals surface area contributed by atoms with E-state index in [2.05, 4.69) is 12.2 Å². The first-order chi connectivity index (χ1) is 18.0. The molecule has 1 aliphatic rings. The molecule has 0 bridgehead atoms. The second-order valence-corrected chi connectivity index (χ2v) is 11.5. The van der Waals surface area contributed by atoms with Gasteiger partial charge in [0.2, 0.25) is 0 Å². The van der Waals surface area contributed by atoms with E-state index in [1.54, 1.807) is 4.52 Å². The van der Waals surface area contributed by atoms with Gasteiger partial charge in [0, 0.05) is 49.7 Å². The molecule has 3 heterocycles. The van der Waals surface area contributed by atoms with Crippen molar-refractivity contribution in [2.45, 2.75) is 72.4 Å². The Morgan fingerprint density at radius 2 is 1.82 bits per heavy atom. The first-order valence-corrected chi connectivity index (χ1v) is 13.9. The molecule has 0 atom stereocenters. The topological polar surface area (TPSA) is 81.0 Å². The third-order valence-electron chi connectivity index (χ3n) is 6.57. The minimum atomic E-state index is -0.566. The molecule has 1 aromatic carbocycles. The molecule has 8 nitrogen and oxygen atoms in total. The Hall–Kier alpha value is -2.55. The molecule has 4 rings (SSSR count). The van der Waals surface area contributed by atoms with Gasteiger partial charge in [0.25, 0.3) is 0 Å². The minimum Gasteiger partial charge on any atom is -0.444 e. The van der Waals surface area contributed by atoms with E-state index in [0.29, 0.717) is 42.0 Å². The summed E-state index contributed by atoms with van der Waals surface area (Å²) in [4.78, 5) is 19.7. The molecular weight excluding hydrogens is 525 g/mol. The lowest BCUT2D eigenvalue weighted by Crippen LogP contribution is -2.47. The predicted octanol–water partition coefficient (Wildman–Crippen LogP) is 6.71. The van der Waals surface area contributed by atoms with Crippen molar-refractivity contribution in [3.63, 3.8) is 0 Å². The quantitative estimate of drug-likeness (QED) is 0.345. The van der Waals surface area contributed by atoms with Crippen LogP contribution in [0, 0.1) is 13.8 Å². The summed E-state index contributed by atoms with van der Waals surface area (Å²) in [6.07, 6.45) is 2.11. The number of benzene rings is 1. The average Bonchev–Trinajstić information content (AvgIpc) is 3.16. The first-order valence-electron chi connectivity index (χ1n) is 13.1. The zero-order valence-corrected chi connectivity index (χ0v) is 24.5. The summed E-state index contributed by atoms with van der Waals surface area (Å²) >= 11 is 13.4. The zero-order chi connectivity index (χ0) is 27.6. The molecule has 0 aliphatic carbocycles. The molecule has 1 N–H and O–H groups in total. The molecule has 0 saturated carbocycles. The van der Waals surface area contributed by atoms with Crippen LogP contribution < -0.4 is 5.32 Å². The van der Waals surface area contributed by atoms with Crippen molar-refractivity contribution in [2.24, 2.45) is 0 Å². The molecule has 0 unspecified atom stereocenters. The number of aromatic nitrogens is 3. The smallest absolute Gasteiger partial charge is 0.410 e. The monoisotopic (exact) mass is 561 g/mol. The summed E-state index contributed by atoms with van der Waals surface area (Å²) in [5.74, 6) is 0.774. The van der Waals surface area contributed by atoms with Crippen LogP contribution in [0.2, 0.25) is 10.0 Å². The van der Waals surface area contributed by atoms with Gasteiger partial charge >= 0.3 is 6.09 Å². The molecule has 1 fully saturated rings. The van der Waals surface area contributed by atoms with Gasteiger partial charge in [0.05, 0.1) is 21.3 Å². The van der Waals surface area contributed by atoms with Crippen LogP contribution >= 0.6 is 23.2 Å². The molecule has 206 valence electrons. The Bertz CT molecular complexity index is 1290. The van der Waals surface area contributed by atoms with Gasteiger partial charge in [-0.2, -0.15) is 9.61 Å². The molecule has 1 amide bonds. The number of nitrogens with zero attached hydrogens (tertiary/aromatic N) is 4. The number of fused-ring (bicyclic) bond motifs is 1. The maximum absolute atomic E-state index is 13.1. The fourth-order valence-corrected chi connectivity index (χ4v) is 5.50. The van der Waals surface area contributed by atoms with Gasteiger partial charge in [-0.05, 0) is 71.6 Å². The molecule has 3 aromatic rings. The van der Waals surface area contributed by atoms with Crippen LogP contribution in [0.4, 0.5) is 10.6 Å². The van der Waals surface area contributed by atoms with Gasteiger partial charge in [0.15, 0.2) is 5.65 Å². The highest BCUT2D eigenvalue weighted by molar-refractivity contribution is 6.39. The van der Waals surface area contributed by atoms with Crippen molar-refractivity contribution >= 4 is 40.8 Å². The van der Waals surface area contributed by atoms with Crippen LogP contribution in [-0.4, -0.2) is 63.5 Å². The van der Waals surface area contributed by atoms with Crippen LogP contribution in [0.3, 0.4) is 0 Å². The van der Waals surface area contributed by atoms with Gasteiger partial charge < -0.3 is 19.7 Å². The highest BCUT2D eigenvalue weighted by Crippen LogP contribution is 2.40. The van der Waals surface area contributed by atoms with Crippen LogP contribution in [-0.2, 0) is 15.9 Å². The number of hydrogen-bond acceptors (Lipinski definition) is 6. The van der Waals surface area contributed by atoms with E-state index in [-0.39, 0.29) is 12.1 Å². The number of halogens is 2. The maximum atomic E-state index is 13.1. The van der Waals surface area contributed by atoms with E-state index >= 15 is 0 Å². The summed E-state index contributed by atoms with van der Waals surface area (Å²) in [5, 5.41) is 9.40. The van der Waals surface area contributed by atoms with Gasteiger partial charge in [-0.1, -0.05) is 30.1 Å². The number of hydrogen-bond donors (Lipinski definition) is 1. The van der Waals surface area contributed by atoms with Crippen LogP contribution in [0.15, 0.2) is 18.2 Å². The van der Waals surface area contributed by atoms with Crippen molar-refractivity contribution < 1.29 is 14.3 Å². The summed E-state index contributed by atoms with van der Waals surface area (Å²) in [5.41, 5.74) is 4.33. The number of anilines is 1. The number of aryl methyl sites for hydroxylation is 3. The Balaban J connectivity index is 1.62. The third kappa shape index (κ3) is 6.35. The normalized spacial score (nSPS) is 14.6. The Morgan fingerprint density at radius 1 is 1.16 bits per heavy atom. The number of amides is 1. The summed E-state index contributed by atoms with van der Waals surface area (Å²) in [6.45, 7) is 13.9. The second-order valence-electron chi connectivity index (χ2n) is 10.7. The minimum absolute atomic E-state index is 0.0773. The molecular formula is C28H37Cl2N5O3. The SMILES string of the molecule is CCc1cc(Cl)c(-c2c(C)nn3c(NCCN(C(=O)OC(C)(C)C)C4CCOCC4)cc(C)nc23)c(Cl)c1. The van der Waals surface area contributed by atoms with Crippen LogP contribution in [0.5, 0.6) is 0 Å². The predicted molar refractivity (Wildman–Crippen MR) is 153 cm³/mol. The number of carbonyl (C=O) groups is 1. The molecule has 1 saturated heterocycles. The number of rotatable bonds is 7. The molecule has 2 aromatic heterocycles. The largest absolute Gasteiger partial charge is 0.444 e. The van der Waals surface area contributed by atoms with Crippen LogP contribution in [0.25, 0.3) is 16.8 Å². The second kappa shape index (κ2) is 11.7. The fraction of sp³-hybridized carbons (Fsp3) is 0.536. The third-order valence-corrected chi connectivity index (χ3v) is 7.17. The van der Waals surface area contributed by atoms with Gasteiger partial charge in [-0.25, -0.2) is 9.78 Å². The lowest BCUT2D eigenvalue weighted by atomic mass is 10.0. The molecule has 0 spiro atoms. The van der Waals surface area contributed by atoms with Gasteiger partial charge in [0.1, 0.15) is 11.4 Å². The van der Waals surface area contributed by atoms with Crippen molar-refractivity contribution in [3.05, 3.63) is 45.2 Å². The number of ether oxygens (including phenoxy) is 2. The summed E-state index contributed by atoms with van der Waals surface area (Å²) in [6, 6.07) is 5.91. The maximum Gasteiger partial charge on any atom is 0.410 e. The average molecular weight is 563 g/mol. The molecule has 0 radical (unpaired) electrons. The van der Waals surface area contributed by atoms with Crippen molar-refractivity contribution in [3.8, 4) is 11.1 Å². The van der Waals surface area contributed by atoms with Gasteiger partial charge in [-0.15, -0.1) is 0 Å². The first kappa shape index (κ1) is 28.5. The zero-order valence-electron chi connectivity index (χ0n) is 23.0.